The molecule has 0 aliphatic rings. The van der Waals surface area contributed by atoms with Crippen LogP contribution in [0.4, 0.5) is 17.1 Å². The van der Waals surface area contributed by atoms with Crippen molar-refractivity contribution in [2.24, 2.45) is 0 Å². The van der Waals surface area contributed by atoms with Gasteiger partial charge in [-0.05, 0) is 66.6 Å². The van der Waals surface area contributed by atoms with Gasteiger partial charge in [0.15, 0.2) is 0 Å². The summed E-state index contributed by atoms with van der Waals surface area (Å²) in [6.07, 6.45) is 2.74. The number of anilines is 3. The van der Waals surface area contributed by atoms with Gasteiger partial charge >= 0.3 is 0 Å². The van der Waals surface area contributed by atoms with E-state index in [-0.39, 0.29) is 0 Å². The van der Waals surface area contributed by atoms with Crippen LogP contribution in [0.3, 0.4) is 0 Å². The molecule has 0 saturated heterocycles. The van der Waals surface area contributed by atoms with Crippen molar-refractivity contribution in [3.63, 3.8) is 0 Å². The molecule has 0 spiro atoms. The van der Waals surface area contributed by atoms with E-state index >= 15 is 0 Å². The summed E-state index contributed by atoms with van der Waals surface area (Å²) in [6, 6.07) is 50.7. The molecule has 0 atom stereocenters. The molecule has 0 bridgehead atoms. The van der Waals surface area contributed by atoms with Crippen LogP contribution in [0.5, 0.6) is 0 Å². The number of H-pyrrole nitrogens is 1. The second kappa shape index (κ2) is 11.3. The highest BCUT2D eigenvalue weighted by Gasteiger charge is 2.19. The minimum Gasteiger partial charge on any atom is -0.355 e. The van der Waals surface area contributed by atoms with Crippen molar-refractivity contribution < 1.29 is 0 Å². The molecule has 0 unspecified atom stereocenters. The molecule has 0 aliphatic heterocycles. The standard InChI is InChI=1S/C41H30N4/c1-2-12-28-13-6-11-20-39(28)45(32-25-26-36-34(27-32)33-16-7-8-17-35(33)42-36)31-23-21-30(22-24-31)41-40(29-14-4-3-5-15-29)43-37-18-9-10-19-38(37)44-41/h2-11,13-27,42H,1,12H2. The fourth-order valence-corrected chi connectivity index (χ4v) is 6.23. The summed E-state index contributed by atoms with van der Waals surface area (Å²) in [5.74, 6) is 0. The zero-order valence-electron chi connectivity index (χ0n) is 24.7. The molecule has 8 aromatic rings. The Morgan fingerprint density at radius 3 is 1.91 bits per heavy atom. The van der Waals surface area contributed by atoms with E-state index in [2.05, 4.69) is 120 Å². The van der Waals surface area contributed by atoms with Crippen LogP contribution >= 0.6 is 0 Å². The number of fused-ring (bicyclic) bond motifs is 4. The molecule has 0 radical (unpaired) electrons. The number of aromatic nitrogens is 3. The van der Waals surface area contributed by atoms with E-state index < -0.39 is 0 Å². The minimum absolute atomic E-state index is 0.771. The van der Waals surface area contributed by atoms with Gasteiger partial charge in [0.2, 0.25) is 0 Å². The number of nitrogens with one attached hydrogen (secondary N) is 1. The Labute approximate surface area is 262 Å². The lowest BCUT2D eigenvalue weighted by Gasteiger charge is -2.28. The van der Waals surface area contributed by atoms with Crippen molar-refractivity contribution in [3.8, 4) is 22.5 Å². The summed E-state index contributed by atoms with van der Waals surface area (Å²) >= 11 is 0. The maximum atomic E-state index is 5.12. The van der Waals surface area contributed by atoms with Crippen molar-refractivity contribution in [2.75, 3.05) is 4.90 Å². The third-order valence-electron chi connectivity index (χ3n) is 8.36. The third-order valence-corrected chi connectivity index (χ3v) is 8.36. The number of rotatable bonds is 7. The molecule has 4 heteroatoms. The van der Waals surface area contributed by atoms with Crippen LogP contribution in [0.15, 0.2) is 158 Å². The fraction of sp³-hybridized carbons (Fsp3) is 0.0244. The molecule has 4 nitrogen and oxygen atoms in total. The highest BCUT2D eigenvalue weighted by molar-refractivity contribution is 6.08. The van der Waals surface area contributed by atoms with Gasteiger partial charge < -0.3 is 9.88 Å². The topological polar surface area (TPSA) is 44.8 Å². The Morgan fingerprint density at radius 2 is 1.16 bits per heavy atom. The monoisotopic (exact) mass is 578 g/mol. The van der Waals surface area contributed by atoms with E-state index in [1.807, 2.05) is 48.5 Å². The van der Waals surface area contributed by atoms with Crippen LogP contribution in [-0.4, -0.2) is 15.0 Å². The largest absolute Gasteiger partial charge is 0.355 e. The van der Waals surface area contributed by atoms with Crippen molar-refractivity contribution >= 4 is 49.9 Å². The first kappa shape index (κ1) is 26.6. The van der Waals surface area contributed by atoms with Gasteiger partial charge in [0.05, 0.1) is 22.4 Å². The average molecular weight is 579 g/mol. The van der Waals surface area contributed by atoms with E-state index in [0.29, 0.717) is 0 Å². The molecule has 0 fully saturated rings. The first-order valence-electron chi connectivity index (χ1n) is 15.2. The summed E-state index contributed by atoms with van der Waals surface area (Å²) in [6.45, 7) is 4.03. The molecule has 214 valence electrons. The summed E-state index contributed by atoms with van der Waals surface area (Å²) in [4.78, 5) is 16.1. The molecule has 0 saturated carbocycles. The van der Waals surface area contributed by atoms with Crippen LogP contribution in [0.2, 0.25) is 0 Å². The van der Waals surface area contributed by atoms with E-state index in [0.717, 1.165) is 68.1 Å². The zero-order chi connectivity index (χ0) is 30.2. The Kier molecular flexibility index (Phi) is 6.65. The van der Waals surface area contributed by atoms with Gasteiger partial charge in [-0.1, -0.05) is 97.1 Å². The quantitative estimate of drug-likeness (QED) is 0.191. The van der Waals surface area contributed by atoms with Gasteiger partial charge in [-0.3, -0.25) is 0 Å². The van der Waals surface area contributed by atoms with Crippen molar-refractivity contribution in [1.29, 1.82) is 0 Å². The van der Waals surface area contributed by atoms with E-state index in [1.165, 1.54) is 16.3 Å². The van der Waals surface area contributed by atoms with Crippen molar-refractivity contribution in [2.45, 2.75) is 6.42 Å². The van der Waals surface area contributed by atoms with Gasteiger partial charge in [-0.25, -0.2) is 9.97 Å². The molecule has 6 aromatic carbocycles. The normalized spacial score (nSPS) is 11.3. The van der Waals surface area contributed by atoms with Crippen LogP contribution in [0, 0.1) is 0 Å². The van der Waals surface area contributed by atoms with Gasteiger partial charge in [0, 0.05) is 50.0 Å². The maximum Gasteiger partial charge on any atom is 0.0973 e. The first-order chi connectivity index (χ1) is 22.3. The summed E-state index contributed by atoms with van der Waals surface area (Å²) in [5, 5.41) is 2.41. The Bertz CT molecular complexity index is 2320. The lowest BCUT2D eigenvalue weighted by molar-refractivity contribution is 1.20. The van der Waals surface area contributed by atoms with Crippen LogP contribution in [-0.2, 0) is 6.42 Å². The average Bonchev–Trinajstić information content (AvgIpc) is 3.47. The number of para-hydroxylation sites is 4. The van der Waals surface area contributed by atoms with E-state index in [1.54, 1.807) is 0 Å². The predicted octanol–water partition coefficient (Wildman–Crippen LogP) is 10.8. The lowest BCUT2D eigenvalue weighted by atomic mass is 10.0. The molecule has 2 heterocycles. The molecule has 2 aromatic heterocycles. The Hall–Kier alpha value is -6.00. The highest BCUT2D eigenvalue weighted by atomic mass is 15.1. The second-order valence-corrected chi connectivity index (χ2v) is 11.2. The first-order valence-corrected chi connectivity index (χ1v) is 15.2. The number of allylic oxidation sites excluding steroid dienone is 1. The second-order valence-electron chi connectivity index (χ2n) is 11.2. The molecular formula is C41H30N4. The minimum atomic E-state index is 0.771. The van der Waals surface area contributed by atoms with Gasteiger partial charge in [-0.15, -0.1) is 6.58 Å². The Morgan fingerprint density at radius 1 is 0.556 bits per heavy atom. The summed E-state index contributed by atoms with van der Waals surface area (Å²) < 4.78 is 0. The fourth-order valence-electron chi connectivity index (χ4n) is 6.23. The van der Waals surface area contributed by atoms with Crippen LogP contribution in [0.1, 0.15) is 5.56 Å². The Balaban J connectivity index is 1.29. The van der Waals surface area contributed by atoms with Gasteiger partial charge in [0.1, 0.15) is 0 Å². The van der Waals surface area contributed by atoms with Crippen LogP contribution < -0.4 is 4.90 Å². The zero-order valence-corrected chi connectivity index (χ0v) is 24.7. The molecule has 0 aliphatic carbocycles. The maximum absolute atomic E-state index is 5.12. The molecule has 8 rings (SSSR count). The summed E-state index contributed by atoms with van der Waals surface area (Å²) in [5.41, 5.74) is 12.3. The molecule has 1 N–H and O–H groups in total. The van der Waals surface area contributed by atoms with E-state index in [4.69, 9.17) is 9.97 Å². The third kappa shape index (κ3) is 4.83. The van der Waals surface area contributed by atoms with Crippen LogP contribution in [0.25, 0.3) is 55.4 Å². The van der Waals surface area contributed by atoms with Gasteiger partial charge in [-0.2, -0.15) is 0 Å². The van der Waals surface area contributed by atoms with E-state index in [9.17, 15) is 0 Å². The van der Waals surface area contributed by atoms with Crippen molar-refractivity contribution in [3.05, 3.63) is 164 Å². The van der Waals surface area contributed by atoms with Gasteiger partial charge in [0.25, 0.3) is 0 Å². The predicted molar refractivity (Wildman–Crippen MR) is 188 cm³/mol. The number of hydrogen-bond acceptors (Lipinski definition) is 3. The summed E-state index contributed by atoms with van der Waals surface area (Å²) in [7, 11) is 0. The van der Waals surface area contributed by atoms with Crippen molar-refractivity contribution in [1.82, 2.24) is 15.0 Å². The number of aromatic amines is 1. The molecular weight excluding hydrogens is 548 g/mol. The smallest absolute Gasteiger partial charge is 0.0973 e. The lowest BCUT2D eigenvalue weighted by Crippen LogP contribution is -2.12. The molecule has 0 amide bonds. The number of hydrogen-bond donors (Lipinski definition) is 1. The molecule has 45 heavy (non-hydrogen) atoms. The SMILES string of the molecule is C=CCc1ccccc1N(c1ccc(-c2nc3ccccc3nc2-c2ccccc2)cc1)c1ccc2[nH]c3ccccc3c2c1. The number of benzene rings is 6. The highest BCUT2D eigenvalue weighted by Crippen LogP contribution is 2.40. The number of nitrogens with zero attached hydrogens (tertiary/aromatic N) is 3.